The van der Waals surface area contributed by atoms with Crippen molar-refractivity contribution in [3.63, 3.8) is 0 Å². The number of amides is 3. The molecule has 2 heterocycles. The number of rotatable bonds is 11. The van der Waals surface area contributed by atoms with Crippen LogP contribution in [0.5, 0.6) is 11.5 Å². The van der Waals surface area contributed by atoms with Crippen LogP contribution in [-0.4, -0.2) is 47.7 Å². The number of thioether (sulfide) groups is 1. The molecule has 0 unspecified atom stereocenters. The number of fused-ring (bicyclic) bond motifs is 1. The first-order valence-corrected chi connectivity index (χ1v) is 14.6. The van der Waals surface area contributed by atoms with Crippen LogP contribution in [0, 0.1) is 0 Å². The summed E-state index contributed by atoms with van der Waals surface area (Å²) in [7, 11) is 3.14. The van der Waals surface area contributed by atoms with Gasteiger partial charge in [-0.1, -0.05) is 36.5 Å². The van der Waals surface area contributed by atoms with Crippen LogP contribution in [0.3, 0.4) is 0 Å². The van der Waals surface area contributed by atoms with Crippen LogP contribution in [0.25, 0.3) is 6.08 Å². The van der Waals surface area contributed by atoms with E-state index in [0.29, 0.717) is 50.7 Å². The summed E-state index contributed by atoms with van der Waals surface area (Å²) < 4.78 is 11.1. The Kier molecular flexibility index (Phi) is 9.45. The molecule has 3 amide bonds. The molecule has 0 radical (unpaired) electrons. The molecule has 0 bridgehead atoms. The fourth-order valence-electron chi connectivity index (χ4n) is 4.62. The Bertz CT molecular complexity index is 1290. The lowest BCUT2D eigenvalue weighted by Gasteiger charge is -2.14. The van der Waals surface area contributed by atoms with E-state index in [1.807, 2.05) is 12.1 Å². The van der Waals surface area contributed by atoms with Crippen LogP contribution in [0.2, 0.25) is 0 Å². The largest absolute Gasteiger partial charge is 0.493 e. The average Bonchev–Trinajstić information content (AvgIpc) is 3.39. The maximum atomic E-state index is 12.9. The average molecular weight is 574 g/mol. The number of methoxy groups -OCH3 is 2. The van der Waals surface area contributed by atoms with Gasteiger partial charge in [0.2, 0.25) is 5.91 Å². The number of anilines is 1. The van der Waals surface area contributed by atoms with Gasteiger partial charge in [-0.15, -0.1) is 11.3 Å². The monoisotopic (exact) mass is 573 g/mol. The van der Waals surface area contributed by atoms with Gasteiger partial charge in [-0.05, 0) is 67.9 Å². The second kappa shape index (κ2) is 12.8. The number of primary amides is 1. The number of unbranched alkanes of at least 4 members (excludes halogenated alkanes) is 2. The molecule has 1 aromatic heterocycles. The number of benzene rings is 1. The van der Waals surface area contributed by atoms with E-state index in [4.69, 9.17) is 27.4 Å². The van der Waals surface area contributed by atoms with Gasteiger partial charge in [0.15, 0.2) is 11.5 Å². The van der Waals surface area contributed by atoms with Crippen LogP contribution in [0.15, 0.2) is 23.1 Å². The summed E-state index contributed by atoms with van der Waals surface area (Å²) >= 11 is 8.20. The van der Waals surface area contributed by atoms with Gasteiger partial charge in [0.1, 0.15) is 9.32 Å². The van der Waals surface area contributed by atoms with Gasteiger partial charge in [0.05, 0.1) is 24.7 Å². The fraction of sp³-hybridized carbons (Fsp3) is 0.407. The number of aryl methyl sites for hydroxylation is 1. The second-order valence-electron chi connectivity index (χ2n) is 9.09. The summed E-state index contributed by atoms with van der Waals surface area (Å²) in [6.45, 7) is 0.499. The first-order chi connectivity index (χ1) is 18.3. The Hall–Kier alpha value is -2.89. The summed E-state index contributed by atoms with van der Waals surface area (Å²) in [4.78, 5) is 40.8. The third-order valence-corrected chi connectivity index (χ3v) is 9.12. The van der Waals surface area contributed by atoms with Crippen LogP contribution < -0.4 is 20.5 Å². The lowest BCUT2D eigenvalue weighted by atomic mass is 9.95. The van der Waals surface area contributed by atoms with Crippen molar-refractivity contribution in [1.82, 2.24) is 4.90 Å². The van der Waals surface area contributed by atoms with E-state index in [1.165, 1.54) is 23.1 Å². The van der Waals surface area contributed by atoms with Gasteiger partial charge in [-0.25, -0.2) is 0 Å². The van der Waals surface area contributed by atoms with Crippen LogP contribution in [0.4, 0.5) is 5.00 Å². The van der Waals surface area contributed by atoms with Gasteiger partial charge in [-0.2, -0.15) is 0 Å². The Balaban J connectivity index is 1.25. The number of carbonyl (C=O) groups excluding carboxylic acids is 3. The molecule has 202 valence electrons. The zero-order chi connectivity index (χ0) is 27.2. The Morgan fingerprint density at radius 3 is 2.63 bits per heavy atom. The molecule has 4 rings (SSSR count). The van der Waals surface area contributed by atoms with Crippen molar-refractivity contribution in [2.45, 2.75) is 51.4 Å². The van der Waals surface area contributed by atoms with E-state index < -0.39 is 5.91 Å². The molecule has 11 heteroatoms. The normalized spacial score (nSPS) is 16.1. The van der Waals surface area contributed by atoms with E-state index in [-0.39, 0.29) is 11.8 Å². The number of carbonyl (C=O) groups is 3. The minimum Gasteiger partial charge on any atom is -0.493 e. The number of ether oxygens (including phenoxy) is 2. The summed E-state index contributed by atoms with van der Waals surface area (Å²) in [6, 6.07) is 5.47. The molecule has 0 atom stereocenters. The third-order valence-electron chi connectivity index (χ3n) is 6.54. The predicted molar refractivity (Wildman–Crippen MR) is 156 cm³/mol. The first-order valence-electron chi connectivity index (χ1n) is 12.5. The van der Waals surface area contributed by atoms with Crippen molar-refractivity contribution < 1.29 is 23.9 Å². The fourth-order valence-corrected chi connectivity index (χ4v) is 7.24. The molecular formula is C27H31N3O5S3. The summed E-state index contributed by atoms with van der Waals surface area (Å²) in [6.07, 6.45) is 8.18. The minimum atomic E-state index is -0.483. The van der Waals surface area contributed by atoms with E-state index in [0.717, 1.165) is 54.5 Å². The number of hydrogen-bond acceptors (Lipinski definition) is 8. The highest BCUT2D eigenvalue weighted by molar-refractivity contribution is 8.26. The number of nitrogens with one attached hydrogen (secondary N) is 1. The highest BCUT2D eigenvalue weighted by Gasteiger charge is 2.31. The molecule has 0 spiro atoms. The molecule has 38 heavy (non-hydrogen) atoms. The minimum absolute atomic E-state index is 0.117. The van der Waals surface area contributed by atoms with Gasteiger partial charge in [0, 0.05) is 17.8 Å². The molecule has 1 aliphatic carbocycles. The molecule has 1 aromatic carbocycles. The highest BCUT2D eigenvalue weighted by Crippen LogP contribution is 2.38. The molecule has 1 saturated heterocycles. The standard InChI is InChI=1S/C27H31N3O5S3/c1-34-18-12-11-16(14-19(18)35-2)15-21-26(33)30(27(36)38-21)13-7-3-4-10-22(31)29-25-23(24(28)32)17-8-5-6-9-20(17)37-25/h11-12,14-15H,3-10,13H2,1-2H3,(H2,28,32)(H,29,31). The molecule has 1 aliphatic heterocycles. The van der Waals surface area contributed by atoms with Crippen molar-refractivity contribution in [2.24, 2.45) is 5.73 Å². The maximum Gasteiger partial charge on any atom is 0.266 e. The van der Waals surface area contributed by atoms with Crippen molar-refractivity contribution in [3.8, 4) is 11.5 Å². The number of thiocarbonyl (C=S) groups is 1. The third kappa shape index (κ3) is 6.39. The van der Waals surface area contributed by atoms with Crippen molar-refractivity contribution >= 4 is 68.4 Å². The van der Waals surface area contributed by atoms with Crippen molar-refractivity contribution in [3.05, 3.63) is 44.7 Å². The van der Waals surface area contributed by atoms with Gasteiger partial charge >= 0.3 is 0 Å². The zero-order valence-corrected chi connectivity index (χ0v) is 23.9. The topological polar surface area (TPSA) is 111 Å². The molecular weight excluding hydrogens is 543 g/mol. The Morgan fingerprint density at radius 1 is 1.13 bits per heavy atom. The van der Waals surface area contributed by atoms with E-state index >= 15 is 0 Å². The lowest BCUT2D eigenvalue weighted by Crippen LogP contribution is -2.29. The quantitative estimate of drug-likeness (QED) is 0.217. The SMILES string of the molecule is COc1ccc(C=C2SC(=S)N(CCCCCC(=O)Nc3sc4c(c3C(N)=O)CCCC4)C2=O)cc1OC. The number of nitrogens with two attached hydrogens (primary N) is 1. The van der Waals surface area contributed by atoms with Gasteiger partial charge in [0.25, 0.3) is 11.8 Å². The van der Waals surface area contributed by atoms with Gasteiger partial charge < -0.3 is 20.5 Å². The van der Waals surface area contributed by atoms with E-state index in [1.54, 1.807) is 31.3 Å². The van der Waals surface area contributed by atoms with Gasteiger partial charge in [-0.3, -0.25) is 19.3 Å². The second-order valence-corrected chi connectivity index (χ2v) is 11.9. The van der Waals surface area contributed by atoms with Crippen molar-refractivity contribution in [2.75, 3.05) is 26.1 Å². The number of thiophene rings is 1. The zero-order valence-electron chi connectivity index (χ0n) is 21.5. The predicted octanol–water partition coefficient (Wildman–Crippen LogP) is 5.14. The molecule has 8 nitrogen and oxygen atoms in total. The lowest BCUT2D eigenvalue weighted by molar-refractivity contribution is -0.122. The maximum absolute atomic E-state index is 12.9. The van der Waals surface area contributed by atoms with Crippen LogP contribution in [0.1, 0.15) is 64.9 Å². The Morgan fingerprint density at radius 2 is 1.89 bits per heavy atom. The van der Waals surface area contributed by atoms with E-state index in [2.05, 4.69) is 5.32 Å². The van der Waals surface area contributed by atoms with E-state index in [9.17, 15) is 14.4 Å². The van der Waals surface area contributed by atoms with Crippen molar-refractivity contribution in [1.29, 1.82) is 0 Å². The summed E-state index contributed by atoms with van der Waals surface area (Å²) in [5.74, 6) is 0.477. The van der Waals surface area contributed by atoms with Crippen LogP contribution in [-0.2, 0) is 22.4 Å². The Labute approximate surface area is 235 Å². The molecule has 3 N–H and O–H groups in total. The number of hydrogen-bond donors (Lipinski definition) is 2. The molecule has 1 fully saturated rings. The first kappa shape index (κ1) is 28.1. The highest BCUT2D eigenvalue weighted by atomic mass is 32.2. The summed E-state index contributed by atoms with van der Waals surface area (Å²) in [5, 5.41) is 3.48. The smallest absolute Gasteiger partial charge is 0.266 e. The number of nitrogens with zero attached hydrogens (tertiary/aromatic N) is 1. The molecule has 2 aromatic rings. The molecule has 2 aliphatic rings. The summed E-state index contributed by atoms with van der Waals surface area (Å²) in [5.41, 5.74) is 7.92. The molecule has 0 saturated carbocycles. The van der Waals surface area contributed by atoms with Crippen LogP contribution >= 0.6 is 35.3 Å².